The molecule has 0 bridgehead atoms. The highest BCUT2D eigenvalue weighted by atomic mass is 16.2. The maximum atomic E-state index is 13.2. The molecule has 2 aliphatic heterocycles. The molecule has 3 amide bonds. The number of carbonyl (C=O) groups is 2. The average Bonchev–Trinajstić information content (AvgIpc) is 3.30. The molecule has 31 heavy (non-hydrogen) atoms. The first-order valence-corrected chi connectivity index (χ1v) is 10.5. The standard InChI is InChI=1S/C22H25N7O2/c1-15-16(2)25-29-14-23-24-19(29)18(15)27-11-9-22(10-12-27)20(30)26(3)21(31)28(22)13-17-7-5-4-6-8-17/h4-8,14H,9-13H2,1-3H3. The van der Waals surface area contributed by atoms with Gasteiger partial charge in [0.15, 0.2) is 0 Å². The van der Waals surface area contributed by atoms with Crippen molar-refractivity contribution >= 4 is 23.3 Å². The molecule has 160 valence electrons. The Balaban J connectivity index is 1.46. The van der Waals surface area contributed by atoms with Crippen molar-refractivity contribution in [2.45, 2.75) is 38.8 Å². The van der Waals surface area contributed by atoms with Crippen molar-refractivity contribution in [3.05, 3.63) is 53.5 Å². The van der Waals surface area contributed by atoms with Crippen molar-refractivity contribution in [3.63, 3.8) is 0 Å². The van der Waals surface area contributed by atoms with Crippen LogP contribution in [0.1, 0.15) is 29.7 Å². The molecule has 0 saturated carbocycles. The molecule has 9 nitrogen and oxygen atoms in total. The van der Waals surface area contributed by atoms with E-state index in [1.807, 2.05) is 44.2 Å². The van der Waals surface area contributed by atoms with E-state index >= 15 is 0 Å². The normalized spacial score (nSPS) is 18.6. The first-order chi connectivity index (χ1) is 14.9. The van der Waals surface area contributed by atoms with Crippen LogP contribution in [0.4, 0.5) is 10.5 Å². The van der Waals surface area contributed by atoms with Crippen molar-refractivity contribution < 1.29 is 9.59 Å². The van der Waals surface area contributed by atoms with Gasteiger partial charge in [-0.05, 0) is 37.8 Å². The lowest BCUT2D eigenvalue weighted by Crippen LogP contribution is -2.56. The third-order valence-electron chi connectivity index (χ3n) is 6.73. The number of anilines is 1. The van der Waals surface area contributed by atoms with Crippen LogP contribution in [0.15, 0.2) is 36.7 Å². The molecule has 2 aromatic heterocycles. The van der Waals surface area contributed by atoms with Gasteiger partial charge in [0.2, 0.25) is 5.65 Å². The topological polar surface area (TPSA) is 86.9 Å². The minimum atomic E-state index is -0.807. The lowest BCUT2D eigenvalue weighted by atomic mass is 9.85. The molecule has 0 N–H and O–H groups in total. The number of nitrogens with zero attached hydrogens (tertiary/aromatic N) is 7. The van der Waals surface area contributed by atoms with E-state index in [0.29, 0.717) is 38.1 Å². The smallest absolute Gasteiger partial charge is 0.327 e. The summed E-state index contributed by atoms with van der Waals surface area (Å²) in [4.78, 5) is 31.5. The molecule has 0 aliphatic carbocycles. The molecular formula is C22H25N7O2. The summed E-state index contributed by atoms with van der Waals surface area (Å²) in [5, 5.41) is 12.8. The Morgan fingerprint density at radius 2 is 1.77 bits per heavy atom. The summed E-state index contributed by atoms with van der Waals surface area (Å²) >= 11 is 0. The second-order valence-corrected chi connectivity index (χ2v) is 8.40. The summed E-state index contributed by atoms with van der Waals surface area (Å²) in [5.41, 5.74) is 3.90. The summed E-state index contributed by atoms with van der Waals surface area (Å²) in [6.45, 7) is 5.73. The molecule has 2 fully saturated rings. The van der Waals surface area contributed by atoms with Gasteiger partial charge in [-0.2, -0.15) is 9.61 Å². The highest BCUT2D eigenvalue weighted by Gasteiger charge is 2.56. The molecule has 3 aromatic rings. The monoisotopic (exact) mass is 419 g/mol. The number of benzene rings is 1. The fourth-order valence-electron chi connectivity index (χ4n) is 4.86. The summed E-state index contributed by atoms with van der Waals surface area (Å²) in [6.07, 6.45) is 2.73. The van der Waals surface area contributed by atoms with Gasteiger partial charge in [0.05, 0.1) is 11.4 Å². The largest absolute Gasteiger partial charge is 0.368 e. The predicted octanol–water partition coefficient (Wildman–Crippen LogP) is 2.17. The number of likely N-dealkylation sites (N-methyl/N-ethyl adjacent to an activating group) is 1. The van der Waals surface area contributed by atoms with Crippen LogP contribution >= 0.6 is 0 Å². The van der Waals surface area contributed by atoms with Crippen LogP contribution in [0.3, 0.4) is 0 Å². The number of piperidine rings is 1. The zero-order valence-corrected chi connectivity index (χ0v) is 17.9. The van der Waals surface area contributed by atoms with Crippen LogP contribution in [-0.2, 0) is 11.3 Å². The van der Waals surface area contributed by atoms with Gasteiger partial charge >= 0.3 is 6.03 Å². The number of aryl methyl sites for hydroxylation is 1. The third-order valence-corrected chi connectivity index (χ3v) is 6.73. The van der Waals surface area contributed by atoms with E-state index in [0.717, 1.165) is 22.5 Å². The van der Waals surface area contributed by atoms with Gasteiger partial charge in [0, 0.05) is 26.7 Å². The highest BCUT2D eigenvalue weighted by Crippen LogP contribution is 2.40. The molecule has 1 spiro atoms. The van der Waals surface area contributed by atoms with Gasteiger partial charge in [-0.15, -0.1) is 10.2 Å². The van der Waals surface area contributed by atoms with Crippen molar-refractivity contribution in [3.8, 4) is 0 Å². The van der Waals surface area contributed by atoms with E-state index in [4.69, 9.17) is 0 Å². The van der Waals surface area contributed by atoms with Gasteiger partial charge < -0.3 is 9.80 Å². The SMILES string of the molecule is Cc1nn2cnnc2c(N2CCC3(CC2)C(=O)N(C)C(=O)N3Cc2ccccc2)c1C. The lowest BCUT2D eigenvalue weighted by molar-refractivity contribution is -0.133. The first kappa shape index (κ1) is 19.5. The lowest BCUT2D eigenvalue weighted by Gasteiger charge is -2.43. The van der Waals surface area contributed by atoms with E-state index < -0.39 is 5.54 Å². The van der Waals surface area contributed by atoms with Gasteiger partial charge in [0.1, 0.15) is 11.9 Å². The summed E-state index contributed by atoms with van der Waals surface area (Å²) in [5.74, 6) is -0.108. The first-order valence-electron chi connectivity index (χ1n) is 10.5. The van der Waals surface area contributed by atoms with E-state index in [1.165, 1.54) is 4.90 Å². The summed E-state index contributed by atoms with van der Waals surface area (Å²) in [7, 11) is 1.58. The van der Waals surface area contributed by atoms with Gasteiger partial charge in [0.25, 0.3) is 5.91 Å². The minimum Gasteiger partial charge on any atom is -0.368 e. The fourth-order valence-corrected chi connectivity index (χ4v) is 4.86. The Morgan fingerprint density at radius 3 is 2.48 bits per heavy atom. The second kappa shape index (κ2) is 7.04. The fraction of sp³-hybridized carbons (Fsp3) is 0.409. The van der Waals surface area contributed by atoms with E-state index in [-0.39, 0.29) is 11.9 Å². The quantitative estimate of drug-likeness (QED) is 0.605. The number of urea groups is 1. The molecule has 5 rings (SSSR count). The zero-order chi connectivity index (χ0) is 21.8. The number of imide groups is 1. The molecule has 0 unspecified atom stereocenters. The molecule has 0 atom stereocenters. The molecule has 0 radical (unpaired) electrons. The Morgan fingerprint density at radius 1 is 1.06 bits per heavy atom. The van der Waals surface area contributed by atoms with Crippen LogP contribution in [0.25, 0.3) is 5.65 Å². The van der Waals surface area contributed by atoms with Crippen molar-refractivity contribution in [2.24, 2.45) is 0 Å². The second-order valence-electron chi connectivity index (χ2n) is 8.40. The van der Waals surface area contributed by atoms with E-state index in [1.54, 1.807) is 22.8 Å². The average molecular weight is 419 g/mol. The van der Waals surface area contributed by atoms with Crippen LogP contribution < -0.4 is 4.90 Å². The number of rotatable bonds is 3. The number of carbonyl (C=O) groups excluding carboxylic acids is 2. The van der Waals surface area contributed by atoms with Crippen LogP contribution in [0.2, 0.25) is 0 Å². The molecule has 4 heterocycles. The molecular weight excluding hydrogens is 394 g/mol. The predicted molar refractivity (Wildman–Crippen MR) is 115 cm³/mol. The van der Waals surface area contributed by atoms with Gasteiger partial charge in [-0.25, -0.2) is 4.79 Å². The summed E-state index contributed by atoms with van der Waals surface area (Å²) < 4.78 is 1.70. The Labute approximate surface area is 180 Å². The number of hydrogen-bond acceptors (Lipinski definition) is 6. The third kappa shape index (κ3) is 2.87. The molecule has 1 aromatic carbocycles. The van der Waals surface area contributed by atoms with E-state index in [2.05, 4.69) is 20.2 Å². The molecule has 9 heteroatoms. The van der Waals surface area contributed by atoms with Crippen LogP contribution in [0, 0.1) is 13.8 Å². The maximum absolute atomic E-state index is 13.2. The Kier molecular flexibility index (Phi) is 4.42. The van der Waals surface area contributed by atoms with Crippen molar-refractivity contribution in [2.75, 3.05) is 25.0 Å². The van der Waals surface area contributed by atoms with E-state index in [9.17, 15) is 9.59 Å². The van der Waals surface area contributed by atoms with Crippen LogP contribution in [-0.4, -0.2) is 67.2 Å². The number of amides is 3. The van der Waals surface area contributed by atoms with Crippen LogP contribution in [0.5, 0.6) is 0 Å². The zero-order valence-electron chi connectivity index (χ0n) is 17.9. The number of fused-ring (bicyclic) bond motifs is 1. The Hall–Kier alpha value is -3.49. The van der Waals surface area contributed by atoms with Crippen molar-refractivity contribution in [1.29, 1.82) is 0 Å². The maximum Gasteiger partial charge on any atom is 0.327 e. The highest BCUT2D eigenvalue weighted by molar-refractivity contribution is 6.07. The van der Waals surface area contributed by atoms with Crippen molar-refractivity contribution in [1.82, 2.24) is 29.6 Å². The van der Waals surface area contributed by atoms with Gasteiger partial charge in [-0.1, -0.05) is 30.3 Å². The molecule has 2 aliphatic rings. The van der Waals surface area contributed by atoms with Gasteiger partial charge in [-0.3, -0.25) is 9.69 Å². The number of aromatic nitrogens is 4. The molecule has 2 saturated heterocycles. The minimum absolute atomic E-state index is 0.108. The Bertz CT molecular complexity index is 1170. The summed E-state index contributed by atoms with van der Waals surface area (Å²) in [6, 6.07) is 9.61. The number of hydrogen-bond donors (Lipinski definition) is 0.